The Morgan fingerprint density at radius 3 is 2.67 bits per heavy atom. The molecule has 30 heavy (non-hydrogen) atoms. The Labute approximate surface area is 178 Å². The van der Waals surface area contributed by atoms with E-state index in [2.05, 4.69) is 76.5 Å². The van der Waals surface area contributed by atoms with Gasteiger partial charge in [0.15, 0.2) is 6.10 Å². The van der Waals surface area contributed by atoms with E-state index in [4.69, 9.17) is 9.57 Å². The second kappa shape index (κ2) is 8.62. The van der Waals surface area contributed by atoms with Gasteiger partial charge >= 0.3 is 0 Å². The van der Waals surface area contributed by atoms with Gasteiger partial charge in [-0.25, -0.2) is 0 Å². The van der Waals surface area contributed by atoms with Crippen molar-refractivity contribution in [2.75, 3.05) is 45.9 Å². The average molecular weight is 404 g/mol. The van der Waals surface area contributed by atoms with E-state index < -0.39 is 0 Å². The zero-order chi connectivity index (χ0) is 20.3. The summed E-state index contributed by atoms with van der Waals surface area (Å²) in [7, 11) is 0. The van der Waals surface area contributed by atoms with Gasteiger partial charge in [0.1, 0.15) is 18.1 Å². The van der Waals surface area contributed by atoms with Gasteiger partial charge in [0.2, 0.25) is 0 Å². The standard InChI is InChI=1S/C25H29N3O2/c1-19-9-10-23-21(16-19)25-22(18-29-23)24(30-26-25)17-28-14-12-27(13-15-28)11-5-8-20-6-3-2-4-7-20/h2-10,16,22,24H,11-15,17-18H2,1H3/b8-5+. The lowest BCUT2D eigenvalue weighted by Gasteiger charge is -2.36. The minimum atomic E-state index is 0.0817. The van der Waals surface area contributed by atoms with Crippen LogP contribution in [-0.2, 0) is 4.84 Å². The van der Waals surface area contributed by atoms with Crippen molar-refractivity contribution in [1.82, 2.24) is 9.80 Å². The van der Waals surface area contributed by atoms with Gasteiger partial charge in [-0.3, -0.25) is 9.80 Å². The molecule has 156 valence electrons. The van der Waals surface area contributed by atoms with Gasteiger partial charge in [-0.15, -0.1) is 0 Å². The number of hydrogen-bond acceptors (Lipinski definition) is 5. The zero-order valence-electron chi connectivity index (χ0n) is 17.5. The summed E-state index contributed by atoms with van der Waals surface area (Å²) in [5, 5.41) is 4.46. The monoisotopic (exact) mass is 403 g/mol. The van der Waals surface area contributed by atoms with Gasteiger partial charge in [0, 0.05) is 44.8 Å². The van der Waals surface area contributed by atoms with Gasteiger partial charge in [-0.1, -0.05) is 59.3 Å². The van der Waals surface area contributed by atoms with Crippen molar-refractivity contribution in [2.24, 2.45) is 11.1 Å². The summed E-state index contributed by atoms with van der Waals surface area (Å²) in [6, 6.07) is 16.8. The SMILES string of the molecule is Cc1ccc2c(c1)C1=NOC(CN3CCN(C/C=C/c4ccccc4)CC3)C1CO2. The largest absolute Gasteiger partial charge is 0.492 e. The highest BCUT2D eigenvalue weighted by atomic mass is 16.6. The fourth-order valence-corrected chi connectivity index (χ4v) is 4.50. The third-order valence-electron chi connectivity index (χ3n) is 6.29. The molecule has 0 spiro atoms. The number of piperazine rings is 1. The highest BCUT2D eigenvalue weighted by Crippen LogP contribution is 2.34. The number of aryl methyl sites for hydroxylation is 1. The summed E-state index contributed by atoms with van der Waals surface area (Å²) < 4.78 is 6.01. The number of rotatable bonds is 5. The molecule has 2 unspecified atom stereocenters. The molecular formula is C25H29N3O2. The van der Waals surface area contributed by atoms with Gasteiger partial charge in [-0.05, 0) is 24.6 Å². The van der Waals surface area contributed by atoms with Gasteiger partial charge in [-0.2, -0.15) is 0 Å². The number of ether oxygens (including phenoxy) is 1. The fraction of sp³-hybridized carbons (Fsp3) is 0.400. The van der Waals surface area contributed by atoms with Crippen molar-refractivity contribution in [1.29, 1.82) is 0 Å². The third kappa shape index (κ3) is 4.13. The molecule has 2 aromatic carbocycles. The second-order valence-electron chi connectivity index (χ2n) is 8.45. The quantitative estimate of drug-likeness (QED) is 0.767. The molecule has 0 aliphatic carbocycles. The van der Waals surface area contributed by atoms with Crippen molar-refractivity contribution in [3.63, 3.8) is 0 Å². The molecule has 0 radical (unpaired) electrons. The van der Waals surface area contributed by atoms with Gasteiger partial charge in [0.25, 0.3) is 0 Å². The van der Waals surface area contributed by atoms with E-state index in [1.165, 1.54) is 11.1 Å². The van der Waals surface area contributed by atoms with Crippen LogP contribution >= 0.6 is 0 Å². The molecule has 0 bridgehead atoms. The number of benzene rings is 2. The Kier molecular flexibility index (Phi) is 5.56. The summed E-state index contributed by atoms with van der Waals surface area (Å²) >= 11 is 0. The van der Waals surface area contributed by atoms with Gasteiger partial charge < -0.3 is 9.57 Å². The van der Waals surface area contributed by atoms with E-state index in [1.54, 1.807) is 0 Å². The van der Waals surface area contributed by atoms with Crippen molar-refractivity contribution in [2.45, 2.75) is 13.0 Å². The molecular weight excluding hydrogens is 374 g/mol. The van der Waals surface area contributed by atoms with E-state index in [9.17, 15) is 0 Å². The maximum absolute atomic E-state index is 6.01. The first-order valence-corrected chi connectivity index (χ1v) is 10.9. The van der Waals surface area contributed by atoms with Crippen LogP contribution in [0.25, 0.3) is 6.08 Å². The molecule has 2 atom stereocenters. The van der Waals surface area contributed by atoms with E-state index in [-0.39, 0.29) is 12.0 Å². The average Bonchev–Trinajstić information content (AvgIpc) is 3.19. The Bertz CT molecular complexity index is 933. The molecule has 0 saturated carbocycles. The Balaban J connectivity index is 1.12. The predicted octanol–water partition coefficient (Wildman–Crippen LogP) is 3.44. The number of hydrogen-bond donors (Lipinski definition) is 0. The van der Waals surface area contributed by atoms with Crippen molar-refractivity contribution >= 4 is 11.8 Å². The molecule has 0 N–H and O–H groups in total. The lowest BCUT2D eigenvalue weighted by atomic mass is 9.89. The molecule has 1 fully saturated rings. The first-order valence-electron chi connectivity index (χ1n) is 10.9. The van der Waals surface area contributed by atoms with Crippen molar-refractivity contribution in [3.05, 3.63) is 71.3 Å². The molecule has 0 aromatic heterocycles. The van der Waals surface area contributed by atoms with Crippen LogP contribution in [0.2, 0.25) is 0 Å². The van der Waals surface area contributed by atoms with Crippen LogP contribution < -0.4 is 4.74 Å². The molecule has 5 heteroatoms. The fourth-order valence-electron chi connectivity index (χ4n) is 4.50. The van der Waals surface area contributed by atoms with Crippen molar-refractivity contribution < 1.29 is 9.57 Å². The first-order chi connectivity index (χ1) is 14.8. The summed E-state index contributed by atoms with van der Waals surface area (Å²) in [6.45, 7) is 8.98. The topological polar surface area (TPSA) is 37.3 Å². The molecule has 1 saturated heterocycles. The van der Waals surface area contributed by atoms with Crippen LogP contribution in [-0.4, -0.2) is 67.5 Å². The minimum Gasteiger partial charge on any atom is -0.492 e. The van der Waals surface area contributed by atoms with Crippen LogP contribution in [0.4, 0.5) is 0 Å². The maximum atomic E-state index is 6.01. The molecule has 3 heterocycles. The maximum Gasteiger partial charge on any atom is 0.151 e. The smallest absolute Gasteiger partial charge is 0.151 e. The number of nitrogens with zero attached hydrogens (tertiary/aromatic N) is 3. The first kappa shape index (κ1) is 19.3. The Morgan fingerprint density at radius 1 is 1.03 bits per heavy atom. The van der Waals surface area contributed by atoms with Crippen LogP contribution in [0.15, 0.2) is 59.8 Å². The lowest BCUT2D eigenvalue weighted by Crippen LogP contribution is -2.50. The molecule has 3 aliphatic heterocycles. The van der Waals surface area contributed by atoms with Crippen LogP contribution in [0.3, 0.4) is 0 Å². The van der Waals surface area contributed by atoms with E-state index in [0.29, 0.717) is 6.61 Å². The summed E-state index contributed by atoms with van der Waals surface area (Å²) in [4.78, 5) is 10.9. The summed E-state index contributed by atoms with van der Waals surface area (Å²) in [5.74, 6) is 1.16. The highest BCUT2D eigenvalue weighted by Gasteiger charge is 2.40. The predicted molar refractivity (Wildman–Crippen MR) is 120 cm³/mol. The minimum absolute atomic E-state index is 0.0817. The summed E-state index contributed by atoms with van der Waals surface area (Å²) in [6.07, 6.45) is 4.56. The zero-order valence-corrected chi connectivity index (χ0v) is 17.5. The molecule has 0 amide bonds. The molecule has 2 aromatic rings. The normalized spacial score (nSPS) is 24.1. The van der Waals surface area contributed by atoms with Crippen molar-refractivity contribution in [3.8, 4) is 5.75 Å². The van der Waals surface area contributed by atoms with Crippen LogP contribution in [0, 0.1) is 12.8 Å². The number of oxime groups is 1. The van der Waals surface area contributed by atoms with E-state index >= 15 is 0 Å². The number of fused-ring (bicyclic) bond motifs is 3. The van der Waals surface area contributed by atoms with E-state index in [1.807, 2.05) is 6.07 Å². The second-order valence-corrected chi connectivity index (χ2v) is 8.45. The third-order valence-corrected chi connectivity index (χ3v) is 6.29. The van der Waals surface area contributed by atoms with Crippen LogP contribution in [0.5, 0.6) is 5.75 Å². The van der Waals surface area contributed by atoms with Gasteiger partial charge in [0.05, 0.1) is 5.92 Å². The highest BCUT2D eigenvalue weighted by molar-refractivity contribution is 6.06. The molecule has 5 nitrogen and oxygen atoms in total. The molecule has 3 aliphatic rings. The van der Waals surface area contributed by atoms with E-state index in [0.717, 1.165) is 56.3 Å². The molecule has 5 rings (SSSR count). The Hall–Kier alpha value is -2.63. The summed E-state index contributed by atoms with van der Waals surface area (Å²) in [5.41, 5.74) is 4.65. The lowest BCUT2D eigenvalue weighted by molar-refractivity contribution is 0.0103. The van der Waals surface area contributed by atoms with Crippen LogP contribution in [0.1, 0.15) is 16.7 Å². The Morgan fingerprint density at radius 2 is 1.83 bits per heavy atom.